The maximum absolute atomic E-state index is 9.43. The summed E-state index contributed by atoms with van der Waals surface area (Å²) in [5.74, 6) is 0. The molecule has 1 aromatic carbocycles. The highest BCUT2D eigenvalue weighted by atomic mass is 127. The molecular weight excluding hydrogens is 263 g/mol. The Hall–Kier alpha value is -0.0900. The van der Waals surface area contributed by atoms with E-state index < -0.39 is 0 Å². The van der Waals surface area contributed by atoms with Gasteiger partial charge in [0.2, 0.25) is 0 Å². The molecule has 1 nitrogen and oxygen atoms in total. The van der Waals surface area contributed by atoms with Crippen LogP contribution in [0.5, 0.6) is 0 Å². The molecule has 1 N–H and O–H groups in total. The molecule has 0 saturated heterocycles. The molecule has 1 unspecified atom stereocenters. The number of aliphatic hydroxyl groups is 1. The number of rotatable bonds is 3. The van der Waals surface area contributed by atoms with Crippen molar-refractivity contribution in [3.63, 3.8) is 0 Å². The summed E-state index contributed by atoms with van der Waals surface area (Å²) in [6.07, 6.45) is 1.40. The molecule has 0 aliphatic heterocycles. The fourth-order valence-corrected chi connectivity index (χ4v) is 1.67. The Bertz CT molecular complexity index is 247. The Morgan fingerprint density at radius 1 is 1.42 bits per heavy atom. The third-order valence-corrected chi connectivity index (χ3v) is 2.94. The van der Waals surface area contributed by atoms with Gasteiger partial charge in [0.05, 0.1) is 6.10 Å². The van der Waals surface area contributed by atoms with Gasteiger partial charge in [-0.2, -0.15) is 0 Å². The molecule has 0 aliphatic rings. The third kappa shape index (κ3) is 2.75. The van der Waals surface area contributed by atoms with Gasteiger partial charge < -0.3 is 5.11 Å². The van der Waals surface area contributed by atoms with Crippen molar-refractivity contribution in [2.75, 3.05) is 0 Å². The molecular formula is C10H13IO. The predicted molar refractivity (Wildman–Crippen MR) is 59.2 cm³/mol. The summed E-state index contributed by atoms with van der Waals surface area (Å²) in [4.78, 5) is 0. The number of hydrogen-bond acceptors (Lipinski definition) is 1. The normalized spacial score (nSPS) is 12.9. The zero-order chi connectivity index (χ0) is 8.97. The molecule has 0 aliphatic carbocycles. The van der Waals surface area contributed by atoms with Crippen LogP contribution in [0.3, 0.4) is 0 Å². The molecule has 1 atom stereocenters. The van der Waals surface area contributed by atoms with Crippen molar-refractivity contribution in [1.82, 2.24) is 0 Å². The van der Waals surface area contributed by atoms with Crippen LogP contribution in [0.15, 0.2) is 24.3 Å². The van der Waals surface area contributed by atoms with E-state index in [9.17, 15) is 5.11 Å². The number of benzene rings is 1. The summed E-state index contributed by atoms with van der Waals surface area (Å²) >= 11 is 2.30. The molecule has 1 rings (SSSR count). The van der Waals surface area contributed by atoms with Gasteiger partial charge >= 0.3 is 0 Å². The lowest BCUT2D eigenvalue weighted by atomic mass is 10.1. The van der Waals surface area contributed by atoms with Crippen molar-refractivity contribution in [3.8, 4) is 0 Å². The smallest absolute Gasteiger partial charge is 0.0578 e. The van der Waals surface area contributed by atoms with E-state index in [0.29, 0.717) is 0 Å². The lowest BCUT2D eigenvalue weighted by Gasteiger charge is -2.08. The first-order chi connectivity index (χ1) is 5.74. The zero-order valence-corrected chi connectivity index (χ0v) is 9.28. The van der Waals surface area contributed by atoms with E-state index in [-0.39, 0.29) is 6.10 Å². The van der Waals surface area contributed by atoms with Crippen LogP contribution in [0.25, 0.3) is 0 Å². The minimum atomic E-state index is -0.194. The summed E-state index contributed by atoms with van der Waals surface area (Å²) in [7, 11) is 0. The van der Waals surface area contributed by atoms with Gasteiger partial charge in [-0.15, -0.1) is 0 Å². The molecule has 0 radical (unpaired) electrons. The Morgan fingerprint density at radius 3 is 2.67 bits per heavy atom. The van der Waals surface area contributed by atoms with Crippen LogP contribution >= 0.6 is 22.6 Å². The summed E-state index contributed by atoms with van der Waals surface area (Å²) in [6.45, 7) is 2.00. The molecule has 12 heavy (non-hydrogen) atoms. The van der Waals surface area contributed by atoms with E-state index >= 15 is 0 Å². The summed E-state index contributed by atoms with van der Waals surface area (Å²) in [5, 5.41) is 9.43. The highest BCUT2D eigenvalue weighted by molar-refractivity contribution is 14.1. The summed E-state index contributed by atoms with van der Waals surface area (Å²) < 4.78 is 1.24. The van der Waals surface area contributed by atoms with Gasteiger partial charge in [-0.1, -0.05) is 25.1 Å². The molecule has 2 heteroatoms. The minimum absolute atomic E-state index is 0.194. The molecule has 0 saturated carbocycles. The fourth-order valence-electron chi connectivity index (χ4n) is 1.06. The molecule has 66 valence electrons. The molecule has 0 spiro atoms. The predicted octanol–water partition coefficient (Wildman–Crippen LogP) is 2.60. The molecule has 0 bridgehead atoms. The van der Waals surface area contributed by atoms with Crippen molar-refractivity contribution in [3.05, 3.63) is 33.4 Å². The zero-order valence-electron chi connectivity index (χ0n) is 7.13. The molecule has 1 aromatic rings. The Morgan fingerprint density at radius 2 is 2.08 bits per heavy atom. The SMILES string of the molecule is CCC(O)Cc1ccccc1I. The van der Waals surface area contributed by atoms with E-state index in [1.807, 2.05) is 19.1 Å². The second-order valence-corrected chi connectivity index (χ2v) is 4.02. The molecule has 0 amide bonds. The van der Waals surface area contributed by atoms with E-state index in [0.717, 1.165) is 12.8 Å². The van der Waals surface area contributed by atoms with Crippen LogP contribution in [-0.2, 0) is 6.42 Å². The van der Waals surface area contributed by atoms with Crippen LogP contribution in [-0.4, -0.2) is 11.2 Å². The van der Waals surface area contributed by atoms with Gasteiger partial charge in [0, 0.05) is 3.57 Å². The van der Waals surface area contributed by atoms with Crippen molar-refractivity contribution < 1.29 is 5.11 Å². The van der Waals surface area contributed by atoms with Crippen molar-refractivity contribution in [2.24, 2.45) is 0 Å². The fraction of sp³-hybridized carbons (Fsp3) is 0.400. The van der Waals surface area contributed by atoms with E-state index in [1.54, 1.807) is 0 Å². The Labute approximate surface area is 86.9 Å². The van der Waals surface area contributed by atoms with Gasteiger partial charge in [-0.25, -0.2) is 0 Å². The van der Waals surface area contributed by atoms with E-state index in [4.69, 9.17) is 0 Å². The molecule has 0 aromatic heterocycles. The van der Waals surface area contributed by atoms with Crippen LogP contribution < -0.4 is 0 Å². The summed E-state index contributed by atoms with van der Waals surface area (Å²) in [6, 6.07) is 8.17. The molecule has 0 heterocycles. The topological polar surface area (TPSA) is 20.2 Å². The minimum Gasteiger partial charge on any atom is -0.393 e. The largest absolute Gasteiger partial charge is 0.393 e. The van der Waals surface area contributed by atoms with Crippen molar-refractivity contribution in [2.45, 2.75) is 25.9 Å². The average Bonchev–Trinajstić information content (AvgIpc) is 2.09. The average molecular weight is 276 g/mol. The lowest BCUT2D eigenvalue weighted by Crippen LogP contribution is -2.09. The van der Waals surface area contributed by atoms with Crippen LogP contribution in [0.2, 0.25) is 0 Å². The van der Waals surface area contributed by atoms with Crippen molar-refractivity contribution >= 4 is 22.6 Å². The first-order valence-electron chi connectivity index (χ1n) is 4.15. The van der Waals surface area contributed by atoms with Gasteiger partial charge in [0.25, 0.3) is 0 Å². The van der Waals surface area contributed by atoms with Gasteiger partial charge in [-0.05, 0) is 47.1 Å². The second kappa shape index (κ2) is 4.82. The monoisotopic (exact) mass is 276 g/mol. The van der Waals surface area contributed by atoms with Gasteiger partial charge in [0.1, 0.15) is 0 Å². The first-order valence-corrected chi connectivity index (χ1v) is 5.23. The lowest BCUT2D eigenvalue weighted by molar-refractivity contribution is 0.170. The standard InChI is InChI=1S/C10H13IO/c1-2-9(12)7-8-5-3-4-6-10(8)11/h3-6,9,12H,2,7H2,1H3. The second-order valence-electron chi connectivity index (χ2n) is 2.86. The highest BCUT2D eigenvalue weighted by Crippen LogP contribution is 2.14. The molecule has 0 fully saturated rings. The van der Waals surface area contributed by atoms with Gasteiger partial charge in [-0.3, -0.25) is 0 Å². The maximum Gasteiger partial charge on any atom is 0.0578 e. The summed E-state index contributed by atoms with van der Waals surface area (Å²) in [5.41, 5.74) is 1.24. The quantitative estimate of drug-likeness (QED) is 0.841. The number of aliphatic hydroxyl groups excluding tert-OH is 1. The first kappa shape index (κ1) is 9.99. The van der Waals surface area contributed by atoms with Crippen LogP contribution in [0.1, 0.15) is 18.9 Å². The Kier molecular flexibility index (Phi) is 4.01. The number of hydrogen-bond donors (Lipinski definition) is 1. The van der Waals surface area contributed by atoms with Gasteiger partial charge in [0.15, 0.2) is 0 Å². The van der Waals surface area contributed by atoms with Crippen LogP contribution in [0.4, 0.5) is 0 Å². The Balaban J connectivity index is 2.69. The van der Waals surface area contributed by atoms with E-state index in [1.165, 1.54) is 9.13 Å². The highest BCUT2D eigenvalue weighted by Gasteiger charge is 2.04. The maximum atomic E-state index is 9.43. The van der Waals surface area contributed by atoms with E-state index in [2.05, 4.69) is 34.7 Å². The van der Waals surface area contributed by atoms with Crippen LogP contribution in [0, 0.1) is 3.57 Å². The third-order valence-electron chi connectivity index (χ3n) is 1.88. The number of halogens is 1. The van der Waals surface area contributed by atoms with Crippen molar-refractivity contribution in [1.29, 1.82) is 0 Å².